The van der Waals surface area contributed by atoms with Gasteiger partial charge in [-0.2, -0.15) is 0 Å². The fourth-order valence-corrected chi connectivity index (χ4v) is 4.52. The first-order valence-electron chi connectivity index (χ1n) is 11.0. The minimum Gasteiger partial charge on any atom is -0.349 e. The van der Waals surface area contributed by atoms with Gasteiger partial charge in [0, 0.05) is 26.2 Å². The normalized spacial score (nSPS) is 16.3. The van der Waals surface area contributed by atoms with Crippen LogP contribution >= 0.6 is 0 Å². The van der Waals surface area contributed by atoms with E-state index < -0.39 is 0 Å². The molecule has 0 fully saturated rings. The Hall–Kier alpha value is -3.44. The zero-order chi connectivity index (χ0) is 21.9. The van der Waals surface area contributed by atoms with Crippen molar-refractivity contribution < 1.29 is 9.18 Å². The number of anilines is 1. The SMILES string of the molecule is O=C1NCN(Cc2cccc(CN3CC=C(c4ccc(F)cc4)CC3)c2)c2ccccc21. The second kappa shape index (κ2) is 8.97. The minimum absolute atomic E-state index is 0.0104. The van der Waals surface area contributed by atoms with Crippen molar-refractivity contribution in [3.8, 4) is 0 Å². The Morgan fingerprint density at radius 2 is 1.69 bits per heavy atom. The molecular weight excluding hydrogens is 401 g/mol. The number of benzene rings is 3. The Morgan fingerprint density at radius 3 is 2.47 bits per heavy atom. The zero-order valence-electron chi connectivity index (χ0n) is 17.9. The quantitative estimate of drug-likeness (QED) is 0.634. The lowest BCUT2D eigenvalue weighted by atomic mass is 9.99. The Bertz CT molecular complexity index is 1160. The number of rotatable bonds is 5. The highest BCUT2D eigenvalue weighted by molar-refractivity contribution is 6.01. The van der Waals surface area contributed by atoms with E-state index in [2.05, 4.69) is 45.5 Å². The molecule has 0 aromatic heterocycles. The van der Waals surface area contributed by atoms with E-state index in [-0.39, 0.29) is 11.7 Å². The average Bonchev–Trinajstić information content (AvgIpc) is 2.82. The van der Waals surface area contributed by atoms with Crippen LogP contribution in [0.5, 0.6) is 0 Å². The molecule has 0 bridgehead atoms. The molecule has 0 saturated carbocycles. The Kier molecular flexibility index (Phi) is 5.73. The first-order chi connectivity index (χ1) is 15.7. The summed E-state index contributed by atoms with van der Waals surface area (Å²) in [6, 6.07) is 23.2. The number of nitrogens with zero attached hydrogens (tertiary/aromatic N) is 2. The smallest absolute Gasteiger partial charge is 0.254 e. The molecule has 2 heterocycles. The van der Waals surface area contributed by atoms with Gasteiger partial charge in [0.2, 0.25) is 0 Å². The van der Waals surface area contributed by atoms with Crippen LogP contribution in [0.25, 0.3) is 5.57 Å². The molecule has 1 N–H and O–H groups in total. The number of para-hydroxylation sites is 1. The highest BCUT2D eigenvalue weighted by Gasteiger charge is 2.22. The van der Waals surface area contributed by atoms with Crippen molar-refractivity contribution in [1.82, 2.24) is 10.2 Å². The first kappa shape index (κ1) is 20.5. The number of carbonyl (C=O) groups excluding carboxylic acids is 1. The lowest BCUT2D eigenvalue weighted by Gasteiger charge is -2.31. The van der Waals surface area contributed by atoms with E-state index >= 15 is 0 Å². The molecule has 0 unspecified atom stereocenters. The van der Waals surface area contributed by atoms with Gasteiger partial charge in [-0.05, 0) is 52.9 Å². The molecule has 0 saturated heterocycles. The van der Waals surface area contributed by atoms with Crippen LogP contribution in [0.15, 0.2) is 78.9 Å². The van der Waals surface area contributed by atoms with E-state index in [0.29, 0.717) is 6.67 Å². The fourth-order valence-electron chi connectivity index (χ4n) is 4.52. The van der Waals surface area contributed by atoms with Crippen LogP contribution in [0.2, 0.25) is 0 Å². The van der Waals surface area contributed by atoms with Crippen LogP contribution in [-0.4, -0.2) is 30.6 Å². The largest absolute Gasteiger partial charge is 0.349 e. The van der Waals surface area contributed by atoms with E-state index in [9.17, 15) is 9.18 Å². The van der Waals surface area contributed by atoms with Crippen molar-refractivity contribution in [3.05, 3.63) is 107 Å². The molecule has 0 atom stereocenters. The third-order valence-corrected chi connectivity index (χ3v) is 6.20. The lowest BCUT2D eigenvalue weighted by Crippen LogP contribution is -2.43. The first-order valence-corrected chi connectivity index (χ1v) is 11.0. The zero-order valence-corrected chi connectivity index (χ0v) is 17.9. The van der Waals surface area contributed by atoms with E-state index in [0.717, 1.165) is 49.4 Å². The van der Waals surface area contributed by atoms with Gasteiger partial charge in [0.05, 0.1) is 17.9 Å². The standard InChI is InChI=1S/C27H26FN3O/c28-24-10-8-22(9-11-24)23-12-14-30(15-13-23)17-20-4-3-5-21(16-20)18-31-19-29-27(32)25-6-1-2-7-26(25)31/h1-12,16H,13-15,17-19H2,(H,29,32). The molecule has 3 aromatic rings. The topological polar surface area (TPSA) is 35.6 Å². The van der Waals surface area contributed by atoms with Crippen molar-refractivity contribution in [2.75, 3.05) is 24.7 Å². The predicted molar refractivity (Wildman–Crippen MR) is 126 cm³/mol. The maximum atomic E-state index is 13.2. The summed E-state index contributed by atoms with van der Waals surface area (Å²) in [5.41, 5.74) is 6.63. The average molecular weight is 428 g/mol. The van der Waals surface area contributed by atoms with Crippen LogP contribution in [0.3, 0.4) is 0 Å². The van der Waals surface area contributed by atoms with Gasteiger partial charge in [0.15, 0.2) is 0 Å². The fraction of sp³-hybridized carbons (Fsp3) is 0.222. The number of halogens is 1. The predicted octanol–water partition coefficient (Wildman–Crippen LogP) is 4.82. The van der Waals surface area contributed by atoms with Crippen LogP contribution in [0.1, 0.15) is 33.5 Å². The van der Waals surface area contributed by atoms with Gasteiger partial charge in [-0.15, -0.1) is 0 Å². The van der Waals surface area contributed by atoms with Crippen molar-refractivity contribution in [2.45, 2.75) is 19.5 Å². The molecule has 32 heavy (non-hydrogen) atoms. The lowest BCUT2D eigenvalue weighted by molar-refractivity contribution is 0.0947. The number of carbonyl (C=O) groups is 1. The molecule has 0 aliphatic carbocycles. The molecule has 3 aromatic carbocycles. The maximum absolute atomic E-state index is 13.2. The van der Waals surface area contributed by atoms with Gasteiger partial charge in [-0.3, -0.25) is 9.69 Å². The summed E-state index contributed by atoms with van der Waals surface area (Å²) in [5.74, 6) is -0.203. The van der Waals surface area contributed by atoms with Crippen LogP contribution < -0.4 is 10.2 Å². The summed E-state index contributed by atoms with van der Waals surface area (Å²) >= 11 is 0. The number of fused-ring (bicyclic) bond motifs is 1. The Balaban J connectivity index is 1.24. The van der Waals surface area contributed by atoms with Crippen molar-refractivity contribution in [1.29, 1.82) is 0 Å². The second-order valence-corrected chi connectivity index (χ2v) is 8.42. The molecule has 0 spiro atoms. The van der Waals surface area contributed by atoms with Crippen LogP contribution in [0, 0.1) is 5.82 Å². The summed E-state index contributed by atoms with van der Waals surface area (Å²) in [7, 11) is 0. The molecule has 5 rings (SSSR count). The monoisotopic (exact) mass is 427 g/mol. The van der Waals surface area contributed by atoms with Crippen molar-refractivity contribution in [2.24, 2.45) is 0 Å². The number of amides is 1. The third-order valence-electron chi connectivity index (χ3n) is 6.20. The molecule has 2 aliphatic rings. The molecule has 162 valence electrons. The summed E-state index contributed by atoms with van der Waals surface area (Å²) < 4.78 is 13.2. The number of hydrogen-bond acceptors (Lipinski definition) is 3. The van der Waals surface area contributed by atoms with Crippen molar-refractivity contribution >= 4 is 17.2 Å². The van der Waals surface area contributed by atoms with E-state index in [1.807, 2.05) is 36.4 Å². The number of nitrogens with one attached hydrogen (secondary N) is 1. The Morgan fingerprint density at radius 1 is 0.906 bits per heavy atom. The van der Waals surface area contributed by atoms with Gasteiger partial charge < -0.3 is 10.2 Å². The highest BCUT2D eigenvalue weighted by Crippen LogP contribution is 2.26. The second-order valence-electron chi connectivity index (χ2n) is 8.42. The molecule has 5 heteroatoms. The van der Waals surface area contributed by atoms with Gasteiger partial charge in [0.25, 0.3) is 5.91 Å². The van der Waals surface area contributed by atoms with E-state index in [4.69, 9.17) is 0 Å². The molecule has 1 amide bonds. The summed E-state index contributed by atoms with van der Waals surface area (Å²) in [5, 5.41) is 2.96. The Labute approximate surface area is 188 Å². The summed E-state index contributed by atoms with van der Waals surface area (Å²) in [6.45, 7) is 4.04. The van der Waals surface area contributed by atoms with Crippen LogP contribution in [0.4, 0.5) is 10.1 Å². The summed E-state index contributed by atoms with van der Waals surface area (Å²) in [6.07, 6.45) is 3.23. The molecule has 0 radical (unpaired) electrons. The highest BCUT2D eigenvalue weighted by atomic mass is 19.1. The van der Waals surface area contributed by atoms with E-state index in [1.165, 1.54) is 28.8 Å². The van der Waals surface area contributed by atoms with Gasteiger partial charge >= 0.3 is 0 Å². The summed E-state index contributed by atoms with van der Waals surface area (Å²) in [4.78, 5) is 16.8. The van der Waals surface area contributed by atoms with Gasteiger partial charge in [0.1, 0.15) is 5.82 Å². The van der Waals surface area contributed by atoms with Crippen LogP contribution in [-0.2, 0) is 13.1 Å². The third kappa shape index (κ3) is 4.43. The molecular formula is C27H26FN3O. The van der Waals surface area contributed by atoms with Gasteiger partial charge in [-0.1, -0.05) is 54.6 Å². The van der Waals surface area contributed by atoms with E-state index in [1.54, 1.807) is 0 Å². The maximum Gasteiger partial charge on any atom is 0.254 e. The molecule has 2 aliphatic heterocycles. The van der Waals surface area contributed by atoms with Gasteiger partial charge in [-0.25, -0.2) is 4.39 Å². The minimum atomic E-state index is -0.193. The van der Waals surface area contributed by atoms with Crippen molar-refractivity contribution in [3.63, 3.8) is 0 Å². The molecule has 4 nitrogen and oxygen atoms in total. The number of hydrogen-bond donors (Lipinski definition) is 1.